The maximum Gasteiger partial charge on any atom is 0.457 e. The third kappa shape index (κ3) is 3.00. The molecule has 100 valence electrons. The monoisotopic (exact) mass is 270 g/mol. The van der Waals surface area contributed by atoms with E-state index in [0.29, 0.717) is 0 Å². The molecule has 0 bridgehead atoms. The summed E-state index contributed by atoms with van der Waals surface area (Å²) in [6.07, 6.45) is -2.36. The van der Waals surface area contributed by atoms with E-state index in [1.807, 2.05) is 0 Å². The van der Waals surface area contributed by atoms with Crippen LogP contribution in [0, 0.1) is 0 Å². The van der Waals surface area contributed by atoms with Gasteiger partial charge in [0, 0.05) is 18.7 Å². The first-order valence-electron chi connectivity index (χ1n) is 5.34. The number of carbonyl (C=O) groups is 2. The maximum atomic E-state index is 12.1. The van der Waals surface area contributed by atoms with Crippen molar-refractivity contribution < 1.29 is 22.8 Å². The molecule has 0 fully saturated rings. The fraction of sp³-hybridized carbons (Fsp3) is 0.167. The molecule has 2 amide bonds. The summed E-state index contributed by atoms with van der Waals surface area (Å²) in [7, 11) is 0. The third-order valence-electron chi connectivity index (χ3n) is 2.52. The standard InChI is InChI=1S/C12H9F3N2O2/c13-12(14,15)16-7-8-3-1-2-4-9(8)17-10(18)5-6-11(17)19/h1-6,16H,7H2. The number of nitrogens with zero attached hydrogens (tertiary/aromatic N) is 1. The highest BCUT2D eigenvalue weighted by atomic mass is 19.4. The van der Waals surface area contributed by atoms with Gasteiger partial charge in [0.1, 0.15) is 0 Å². The largest absolute Gasteiger partial charge is 0.457 e. The summed E-state index contributed by atoms with van der Waals surface area (Å²) < 4.78 is 36.4. The topological polar surface area (TPSA) is 49.4 Å². The molecule has 1 aromatic rings. The van der Waals surface area contributed by atoms with Crippen molar-refractivity contribution in [3.63, 3.8) is 0 Å². The predicted octanol–water partition coefficient (Wildman–Crippen LogP) is 1.73. The van der Waals surface area contributed by atoms with Gasteiger partial charge in [0.15, 0.2) is 0 Å². The summed E-state index contributed by atoms with van der Waals surface area (Å²) in [5.41, 5.74) is 0.365. The summed E-state index contributed by atoms with van der Waals surface area (Å²) in [5.74, 6) is -1.13. The van der Waals surface area contributed by atoms with Gasteiger partial charge in [-0.2, -0.15) is 13.2 Å². The number of benzene rings is 1. The van der Waals surface area contributed by atoms with Gasteiger partial charge in [-0.25, -0.2) is 10.2 Å². The second-order valence-electron chi connectivity index (χ2n) is 3.83. The van der Waals surface area contributed by atoms with Crippen molar-refractivity contribution in [2.45, 2.75) is 12.8 Å². The minimum atomic E-state index is -4.52. The Labute approximate surface area is 106 Å². The Hall–Kier alpha value is -2.15. The van der Waals surface area contributed by atoms with Crippen LogP contribution in [0.2, 0.25) is 0 Å². The van der Waals surface area contributed by atoms with Crippen LogP contribution in [0.3, 0.4) is 0 Å². The Balaban J connectivity index is 2.26. The van der Waals surface area contributed by atoms with Crippen LogP contribution in [0.1, 0.15) is 5.56 Å². The molecule has 4 nitrogen and oxygen atoms in total. The van der Waals surface area contributed by atoms with Gasteiger partial charge in [0.25, 0.3) is 11.8 Å². The van der Waals surface area contributed by atoms with Crippen LogP contribution in [-0.2, 0) is 16.1 Å². The number of para-hydroxylation sites is 1. The average molecular weight is 270 g/mol. The number of hydrogen-bond acceptors (Lipinski definition) is 3. The minimum absolute atomic E-state index is 0.152. The molecule has 1 N–H and O–H groups in total. The van der Waals surface area contributed by atoms with E-state index in [9.17, 15) is 22.8 Å². The molecule has 0 radical (unpaired) electrons. The smallest absolute Gasteiger partial charge is 0.269 e. The Morgan fingerprint density at radius 3 is 2.21 bits per heavy atom. The highest BCUT2D eigenvalue weighted by molar-refractivity contribution is 6.28. The first-order chi connectivity index (χ1) is 8.88. The van der Waals surface area contributed by atoms with Crippen molar-refractivity contribution in [1.29, 1.82) is 0 Å². The summed E-state index contributed by atoms with van der Waals surface area (Å²) in [6.45, 7) is -0.517. The van der Waals surface area contributed by atoms with Crippen LogP contribution in [0.5, 0.6) is 0 Å². The summed E-state index contributed by atoms with van der Waals surface area (Å²) in [4.78, 5) is 23.9. The van der Waals surface area contributed by atoms with E-state index < -0.39 is 24.7 Å². The Bertz CT molecular complexity index is 534. The molecular formula is C12H9F3N2O2. The van der Waals surface area contributed by atoms with Crippen molar-refractivity contribution in [3.05, 3.63) is 42.0 Å². The van der Waals surface area contributed by atoms with Crippen LogP contribution in [-0.4, -0.2) is 18.1 Å². The number of hydrogen-bond donors (Lipinski definition) is 1. The minimum Gasteiger partial charge on any atom is -0.269 e. The summed E-state index contributed by atoms with van der Waals surface area (Å²) >= 11 is 0. The molecule has 0 spiro atoms. The molecule has 1 aliphatic rings. The molecular weight excluding hydrogens is 261 g/mol. The van der Waals surface area contributed by atoms with Crippen molar-refractivity contribution in [2.75, 3.05) is 4.90 Å². The predicted molar refractivity (Wildman–Crippen MR) is 61.0 cm³/mol. The molecule has 0 atom stereocenters. The van der Waals surface area contributed by atoms with E-state index in [0.717, 1.165) is 17.1 Å². The quantitative estimate of drug-likeness (QED) is 0.672. The number of amides is 2. The van der Waals surface area contributed by atoms with E-state index in [1.165, 1.54) is 23.5 Å². The van der Waals surface area contributed by atoms with Gasteiger partial charge in [0.2, 0.25) is 0 Å². The van der Waals surface area contributed by atoms with Gasteiger partial charge in [-0.15, -0.1) is 0 Å². The lowest BCUT2D eigenvalue weighted by Crippen LogP contribution is -2.34. The van der Waals surface area contributed by atoms with Crippen LogP contribution < -0.4 is 10.2 Å². The SMILES string of the molecule is O=C1C=CC(=O)N1c1ccccc1CNC(F)(F)F. The number of imide groups is 1. The van der Waals surface area contributed by atoms with Gasteiger partial charge < -0.3 is 0 Å². The maximum absolute atomic E-state index is 12.1. The summed E-state index contributed by atoms with van der Waals surface area (Å²) in [5, 5.41) is 1.36. The second-order valence-corrected chi connectivity index (χ2v) is 3.83. The molecule has 19 heavy (non-hydrogen) atoms. The van der Waals surface area contributed by atoms with Gasteiger partial charge in [-0.1, -0.05) is 18.2 Å². The first-order valence-corrected chi connectivity index (χ1v) is 5.34. The van der Waals surface area contributed by atoms with Gasteiger partial charge in [-0.05, 0) is 11.6 Å². The molecule has 2 rings (SSSR count). The zero-order chi connectivity index (χ0) is 14.0. The van der Waals surface area contributed by atoms with Gasteiger partial charge >= 0.3 is 6.30 Å². The lowest BCUT2D eigenvalue weighted by atomic mass is 10.1. The summed E-state index contributed by atoms with van der Waals surface area (Å²) in [6, 6.07) is 5.93. The molecule has 0 unspecified atom stereocenters. The molecule has 1 aliphatic heterocycles. The normalized spacial score (nSPS) is 15.4. The molecule has 1 aromatic carbocycles. The zero-order valence-corrected chi connectivity index (χ0v) is 9.57. The van der Waals surface area contributed by atoms with E-state index in [4.69, 9.17) is 0 Å². The molecule has 1 heterocycles. The number of anilines is 1. The van der Waals surface area contributed by atoms with Crippen molar-refractivity contribution in [2.24, 2.45) is 0 Å². The zero-order valence-electron chi connectivity index (χ0n) is 9.57. The van der Waals surface area contributed by atoms with Crippen LogP contribution in [0.25, 0.3) is 0 Å². The molecule has 7 heteroatoms. The van der Waals surface area contributed by atoms with Crippen LogP contribution in [0.4, 0.5) is 18.9 Å². The van der Waals surface area contributed by atoms with Crippen molar-refractivity contribution >= 4 is 17.5 Å². The van der Waals surface area contributed by atoms with Crippen LogP contribution >= 0.6 is 0 Å². The Morgan fingerprint density at radius 1 is 1.05 bits per heavy atom. The fourth-order valence-electron chi connectivity index (χ4n) is 1.71. The fourth-order valence-corrected chi connectivity index (χ4v) is 1.71. The number of nitrogens with one attached hydrogen (secondary N) is 1. The Kier molecular flexibility index (Phi) is 3.39. The third-order valence-corrected chi connectivity index (χ3v) is 2.52. The highest BCUT2D eigenvalue weighted by Crippen LogP contribution is 2.24. The van der Waals surface area contributed by atoms with Crippen LogP contribution in [0.15, 0.2) is 36.4 Å². The molecule has 0 aromatic heterocycles. The van der Waals surface area contributed by atoms with E-state index >= 15 is 0 Å². The number of halogens is 3. The number of rotatable bonds is 3. The molecule has 0 saturated heterocycles. The average Bonchev–Trinajstić information content (AvgIpc) is 2.66. The lowest BCUT2D eigenvalue weighted by Gasteiger charge is -2.18. The van der Waals surface area contributed by atoms with Crippen molar-refractivity contribution in [1.82, 2.24) is 5.32 Å². The van der Waals surface area contributed by atoms with Crippen molar-refractivity contribution in [3.8, 4) is 0 Å². The van der Waals surface area contributed by atoms with E-state index in [2.05, 4.69) is 0 Å². The first kappa shape index (κ1) is 13.3. The number of carbonyl (C=O) groups excluding carboxylic acids is 2. The Morgan fingerprint density at radius 2 is 1.63 bits per heavy atom. The van der Waals surface area contributed by atoms with Gasteiger partial charge in [0.05, 0.1) is 5.69 Å². The van der Waals surface area contributed by atoms with Gasteiger partial charge in [-0.3, -0.25) is 9.59 Å². The van der Waals surface area contributed by atoms with E-state index in [1.54, 1.807) is 6.07 Å². The van der Waals surface area contributed by atoms with E-state index in [-0.39, 0.29) is 11.3 Å². The second kappa shape index (κ2) is 4.85. The highest BCUT2D eigenvalue weighted by Gasteiger charge is 2.29. The molecule has 0 aliphatic carbocycles. The lowest BCUT2D eigenvalue weighted by molar-refractivity contribution is -0.158. The number of alkyl halides is 3. The molecule has 0 saturated carbocycles.